The fourth-order valence-corrected chi connectivity index (χ4v) is 9.79. The van der Waals surface area contributed by atoms with Crippen molar-refractivity contribution in [1.82, 2.24) is 10.2 Å². The van der Waals surface area contributed by atoms with Gasteiger partial charge in [0, 0.05) is 18.4 Å². The number of fused-ring (bicyclic) bond motifs is 1. The first kappa shape index (κ1) is 22.6. The summed E-state index contributed by atoms with van der Waals surface area (Å²) in [5.41, 5.74) is 0.488. The Morgan fingerprint density at radius 1 is 1.07 bits per heavy atom. The van der Waals surface area contributed by atoms with E-state index in [-0.39, 0.29) is 22.0 Å². The minimum Gasteiger partial charge on any atom is -0.416 e. The van der Waals surface area contributed by atoms with Crippen molar-refractivity contribution in [3.05, 3.63) is 39.7 Å². The quantitative estimate of drug-likeness (QED) is 0.593. The minimum absolute atomic E-state index is 0.0831. The molecule has 0 saturated heterocycles. The lowest BCUT2D eigenvalue weighted by Gasteiger charge is -2.42. The van der Waals surface area contributed by atoms with Gasteiger partial charge >= 0.3 is 6.18 Å². The molecule has 0 amide bonds. The summed E-state index contributed by atoms with van der Waals surface area (Å²) >= 11 is 0. The Morgan fingerprint density at radius 2 is 1.64 bits per heavy atom. The fraction of sp³-hybridized carbons (Fsp3) is 0.600. The van der Waals surface area contributed by atoms with Gasteiger partial charge in [0.05, 0.1) is 11.1 Å². The smallest absolute Gasteiger partial charge is 0.416 e. The number of nitrogens with one attached hydrogen (secondary N) is 1. The van der Waals surface area contributed by atoms with Crippen LogP contribution in [-0.4, -0.2) is 25.1 Å². The largest absolute Gasteiger partial charge is 0.416 e. The molecule has 156 valence electrons. The summed E-state index contributed by atoms with van der Waals surface area (Å²) in [6, 6.07) is 3.04. The zero-order valence-corrected chi connectivity index (χ0v) is 18.3. The Kier molecular flexibility index (Phi) is 6.76. The normalized spacial score (nSPS) is 13.3. The number of hydrogen-bond donors (Lipinski definition) is 1. The lowest BCUT2D eigenvalue weighted by atomic mass is 10.1. The molecule has 0 aliphatic carbocycles. The molecule has 2 rings (SSSR count). The molecule has 0 aliphatic heterocycles. The van der Waals surface area contributed by atoms with Crippen molar-refractivity contribution in [3.8, 4) is 0 Å². The van der Waals surface area contributed by atoms with E-state index in [0.29, 0.717) is 29.7 Å². The van der Waals surface area contributed by atoms with Crippen LogP contribution in [0.5, 0.6) is 0 Å². The first-order valence-corrected chi connectivity index (χ1v) is 11.8. The Hall–Kier alpha value is -1.67. The minimum atomic E-state index is -4.46. The first-order chi connectivity index (χ1) is 12.9. The van der Waals surface area contributed by atoms with E-state index in [9.17, 15) is 18.0 Å². The summed E-state index contributed by atoms with van der Waals surface area (Å²) in [4.78, 5) is 12.6. The van der Waals surface area contributed by atoms with Gasteiger partial charge in [-0.25, -0.2) is 0 Å². The third-order valence-corrected chi connectivity index (χ3v) is 11.7. The van der Waals surface area contributed by atoms with Crippen molar-refractivity contribution < 1.29 is 17.6 Å². The Morgan fingerprint density at radius 3 is 2.14 bits per heavy atom. The van der Waals surface area contributed by atoms with E-state index in [0.717, 1.165) is 12.1 Å². The maximum Gasteiger partial charge on any atom is 0.416 e. The predicted octanol–water partition coefficient (Wildman–Crippen LogP) is 5.68. The number of aromatic nitrogens is 2. The molecule has 1 heterocycles. The van der Waals surface area contributed by atoms with Gasteiger partial charge in [-0.3, -0.25) is 9.89 Å². The second-order valence-corrected chi connectivity index (χ2v) is 13.6. The summed E-state index contributed by atoms with van der Waals surface area (Å²) in [6.45, 7) is 13.5. The number of alkyl halides is 3. The molecule has 0 fully saturated rings. The average Bonchev–Trinajstić information content (AvgIpc) is 2.58. The third kappa shape index (κ3) is 4.32. The van der Waals surface area contributed by atoms with Crippen LogP contribution in [0.4, 0.5) is 13.2 Å². The SMILES string of the molecule is CC(C)[Si](OCCc1n[nH]c2cc(C(F)(F)F)ccc2c1=O)(C(C)C)C(C)C. The van der Waals surface area contributed by atoms with E-state index >= 15 is 0 Å². The van der Waals surface area contributed by atoms with E-state index in [4.69, 9.17) is 4.43 Å². The third-order valence-electron chi connectivity index (χ3n) is 5.56. The standard InChI is InChI=1S/C20H29F3N2O2Si/c1-12(2)28(13(3)4,14(5)6)27-10-9-17-19(26)16-8-7-15(20(21,22)23)11-18(16)25-24-17/h7-8,11-14H,9-10H2,1-6H3,(H,25,26). The molecular formula is C20H29F3N2O2Si. The van der Waals surface area contributed by atoms with Crippen molar-refractivity contribution >= 4 is 19.2 Å². The molecule has 1 N–H and O–H groups in total. The van der Waals surface area contributed by atoms with Crippen LogP contribution in [0.3, 0.4) is 0 Å². The first-order valence-electron chi connectivity index (χ1n) is 9.63. The number of rotatable bonds is 7. The maximum absolute atomic E-state index is 12.8. The van der Waals surface area contributed by atoms with E-state index < -0.39 is 20.1 Å². The Balaban J connectivity index is 2.25. The molecule has 0 spiro atoms. The Labute approximate surface area is 164 Å². The van der Waals surface area contributed by atoms with Gasteiger partial charge in [-0.2, -0.15) is 18.3 Å². The highest BCUT2D eigenvalue weighted by molar-refractivity contribution is 6.77. The van der Waals surface area contributed by atoms with E-state index in [1.165, 1.54) is 6.07 Å². The van der Waals surface area contributed by atoms with Crippen LogP contribution in [0.25, 0.3) is 10.9 Å². The molecule has 2 aromatic rings. The fourth-order valence-electron chi connectivity index (χ4n) is 4.34. The van der Waals surface area contributed by atoms with Crippen LogP contribution in [-0.2, 0) is 17.0 Å². The highest BCUT2D eigenvalue weighted by Crippen LogP contribution is 2.42. The lowest BCUT2D eigenvalue weighted by Crippen LogP contribution is -2.48. The van der Waals surface area contributed by atoms with Crippen molar-refractivity contribution in [2.75, 3.05) is 6.61 Å². The monoisotopic (exact) mass is 414 g/mol. The van der Waals surface area contributed by atoms with Crippen LogP contribution >= 0.6 is 0 Å². The van der Waals surface area contributed by atoms with Gasteiger partial charge in [-0.1, -0.05) is 41.5 Å². The van der Waals surface area contributed by atoms with Crippen molar-refractivity contribution in [2.45, 2.75) is 70.8 Å². The van der Waals surface area contributed by atoms with Gasteiger partial charge in [-0.15, -0.1) is 0 Å². The van der Waals surface area contributed by atoms with Gasteiger partial charge in [0.1, 0.15) is 5.69 Å². The molecule has 0 aliphatic rings. The number of H-pyrrole nitrogens is 1. The predicted molar refractivity (Wildman–Crippen MR) is 108 cm³/mol. The number of hydrogen-bond acceptors (Lipinski definition) is 3. The molecule has 1 aromatic carbocycles. The van der Waals surface area contributed by atoms with Crippen LogP contribution in [0, 0.1) is 0 Å². The molecular weight excluding hydrogens is 385 g/mol. The number of halogens is 3. The van der Waals surface area contributed by atoms with E-state index in [1.807, 2.05) is 0 Å². The zero-order valence-electron chi connectivity index (χ0n) is 17.3. The molecule has 8 heteroatoms. The number of nitrogens with zero attached hydrogens (tertiary/aromatic N) is 1. The zero-order chi connectivity index (χ0) is 21.3. The highest BCUT2D eigenvalue weighted by atomic mass is 28.4. The summed E-state index contributed by atoms with van der Waals surface area (Å²) in [6.07, 6.45) is -4.14. The Bertz CT molecular complexity index is 854. The van der Waals surface area contributed by atoms with Crippen molar-refractivity contribution in [2.24, 2.45) is 0 Å². The molecule has 0 radical (unpaired) electrons. The van der Waals surface area contributed by atoms with E-state index in [1.54, 1.807) is 0 Å². The van der Waals surface area contributed by atoms with Crippen LogP contribution in [0.15, 0.2) is 23.0 Å². The van der Waals surface area contributed by atoms with Gasteiger partial charge in [0.15, 0.2) is 8.32 Å². The molecule has 0 unspecified atom stereocenters. The molecule has 0 atom stereocenters. The second-order valence-electron chi connectivity index (χ2n) is 8.17. The van der Waals surface area contributed by atoms with Crippen molar-refractivity contribution in [1.29, 1.82) is 0 Å². The number of aromatic amines is 1. The van der Waals surface area contributed by atoms with E-state index in [2.05, 4.69) is 51.7 Å². The topological polar surface area (TPSA) is 55.0 Å². The van der Waals surface area contributed by atoms with Gasteiger partial charge in [0.2, 0.25) is 5.43 Å². The van der Waals surface area contributed by atoms with Crippen molar-refractivity contribution in [3.63, 3.8) is 0 Å². The maximum atomic E-state index is 12.8. The summed E-state index contributed by atoms with van der Waals surface area (Å²) in [7, 11) is -2.05. The number of benzene rings is 1. The summed E-state index contributed by atoms with van der Waals surface area (Å²) < 4.78 is 45.0. The molecule has 28 heavy (non-hydrogen) atoms. The summed E-state index contributed by atoms with van der Waals surface area (Å²) in [5, 5.41) is 6.82. The summed E-state index contributed by atoms with van der Waals surface area (Å²) in [5.74, 6) is 0. The highest BCUT2D eigenvalue weighted by Gasteiger charge is 2.44. The van der Waals surface area contributed by atoms with Gasteiger partial charge in [0.25, 0.3) is 0 Å². The molecule has 4 nitrogen and oxygen atoms in total. The van der Waals surface area contributed by atoms with Crippen LogP contribution in [0.1, 0.15) is 52.8 Å². The van der Waals surface area contributed by atoms with Gasteiger partial charge in [-0.05, 0) is 34.8 Å². The molecule has 0 bridgehead atoms. The molecule has 1 aromatic heterocycles. The van der Waals surface area contributed by atoms with Crippen LogP contribution < -0.4 is 5.43 Å². The average molecular weight is 415 g/mol. The second kappa shape index (κ2) is 8.37. The van der Waals surface area contributed by atoms with Gasteiger partial charge < -0.3 is 4.43 Å². The molecule has 0 saturated carbocycles. The lowest BCUT2D eigenvalue weighted by molar-refractivity contribution is -0.137. The van der Waals surface area contributed by atoms with Crippen LogP contribution in [0.2, 0.25) is 16.6 Å².